The molecule has 7 nitrogen and oxygen atoms in total. The maximum atomic E-state index is 13.0. The van der Waals surface area contributed by atoms with Crippen molar-refractivity contribution in [2.45, 2.75) is 64.2 Å². The molecule has 1 unspecified atom stereocenters. The number of amides is 2. The molecule has 1 atom stereocenters. The third kappa shape index (κ3) is 5.31. The minimum Gasteiger partial charge on any atom is -0.491 e. The van der Waals surface area contributed by atoms with Gasteiger partial charge >= 0.3 is 0 Å². The molecule has 1 aliphatic carbocycles. The molecule has 0 radical (unpaired) electrons. The number of rotatable bonds is 7. The van der Waals surface area contributed by atoms with E-state index < -0.39 is 0 Å². The van der Waals surface area contributed by atoms with Crippen LogP contribution in [0.1, 0.15) is 80.5 Å². The summed E-state index contributed by atoms with van der Waals surface area (Å²) in [5.74, 6) is 1.01. The van der Waals surface area contributed by atoms with Gasteiger partial charge in [0, 0.05) is 31.0 Å². The van der Waals surface area contributed by atoms with Crippen molar-refractivity contribution in [2.75, 3.05) is 25.0 Å². The molecule has 1 aliphatic heterocycles. The number of ether oxygens (including phenoxy) is 1. The largest absolute Gasteiger partial charge is 0.491 e. The Morgan fingerprint density at radius 2 is 1.97 bits per heavy atom. The van der Waals surface area contributed by atoms with Gasteiger partial charge in [-0.15, -0.1) is 0 Å². The van der Waals surface area contributed by atoms with Crippen LogP contribution in [-0.2, 0) is 4.79 Å². The molecule has 32 heavy (non-hydrogen) atoms. The number of para-hydroxylation sites is 2. The summed E-state index contributed by atoms with van der Waals surface area (Å²) in [6.45, 7) is 4.08. The van der Waals surface area contributed by atoms with E-state index in [1.165, 1.54) is 6.42 Å². The minimum atomic E-state index is -0.359. The summed E-state index contributed by atoms with van der Waals surface area (Å²) < 4.78 is 11.1. The van der Waals surface area contributed by atoms with Crippen molar-refractivity contribution in [3.8, 4) is 5.75 Å². The number of piperidine rings is 1. The van der Waals surface area contributed by atoms with Gasteiger partial charge in [-0.3, -0.25) is 9.59 Å². The molecule has 1 aromatic heterocycles. The molecule has 2 fully saturated rings. The fourth-order valence-electron chi connectivity index (χ4n) is 4.71. The molecule has 7 heteroatoms. The van der Waals surface area contributed by atoms with E-state index in [4.69, 9.17) is 9.26 Å². The number of carbonyl (C=O) groups is 2. The first-order valence-electron chi connectivity index (χ1n) is 11.9. The average Bonchev–Trinajstić information content (AvgIpc) is 3.34. The average molecular weight is 440 g/mol. The highest BCUT2D eigenvalue weighted by Crippen LogP contribution is 2.31. The number of hydrogen-bond acceptors (Lipinski definition) is 5. The van der Waals surface area contributed by atoms with Crippen molar-refractivity contribution in [3.63, 3.8) is 0 Å². The van der Waals surface area contributed by atoms with Crippen LogP contribution >= 0.6 is 0 Å². The van der Waals surface area contributed by atoms with Crippen LogP contribution in [0.25, 0.3) is 0 Å². The van der Waals surface area contributed by atoms with Gasteiger partial charge in [0.25, 0.3) is 5.91 Å². The Morgan fingerprint density at radius 1 is 1.16 bits per heavy atom. The first kappa shape index (κ1) is 22.4. The predicted molar refractivity (Wildman–Crippen MR) is 122 cm³/mol. The predicted octanol–water partition coefficient (Wildman–Crippen LogP) is 5.00. The molecular formula is C25H33N3O4. The number of likely N-dealkylation sites (tertiary alicyclic amines) is 1. The Balaban J connectivity index is 1.39. The maximum Gasteiger partial charge on any atom is 0.294 e. The summed E-state index contributed by atoms with van der Waals surface area (Å²) in [5, 5.41) is 7.04. The lowest BCUT2D eigenvalue weighted by molar-refractivity contribution is -0.137. The van der Waals surface area contributed by atoms with Crippen molar-refractivity contribution >= 4 is 17.5 Å². The van der Waals surface area contributed by atoms with E-state index in [1.54, 1.807) is 12.1 Å². The quantitative estimate of drug-likeness (QED) is 0.656. The fraction of sp³-hybridized carbons (Fsp3) is 0.560. The van der Waals surface area contributed by atoms with Crippen LogP contribution in [0.2, 0.25) is 0 Å². The maximum absolute atomic E-state index is 13.0. The van der Waals surface area contributed by atoms with Crippen LogP contribution in [0.15, 0.2) is 34.9 Å². The van der Waals surface area contributed by atoms with Crippen molar-refractivity contribution in [3.05, 3.63) is 41.8 Å². The van der Waals surface area contributed by atoms with Crippen molar-refractivity contribution < 1.29 is 18.8 Å². The number of nitrogens with one attached hydrogen (secondary N) is 1. The molecule has 1 saturated carbocycles. The van der Waals surface area contributed by atoms with Gasteiger partial charge < -0.3 is 19.5 Å². The molecule has 2 heterocycles. The minimum absolute atomic E-state index is 0.0989. The molecule has 0 bridgehead atoms. The number of aromatic nitrogens is 1. The summed E-state index contributed by atoms with van der Waals surface area (Å²) in [4.78, 5) is 27.7. The molecule has 4 rings (SSSR count). The summed E-state index contributed by atoms with van der Waals surface area (Å²) in [5.41, 5.74) is 1.35. The van der Waals surface area contributed by atoms with Gasteiger partial charge in [0.2, 0.25) is 11.7 Å². The lowest BCUT2D eigenvalue weighted by Gasteiger charge is -2.35. The van der Waals surface area contributed by atoms with Gasteiger partial charge in [0.05, 0.1) is 18.0 Å². The van der Waals surface area contributed by atoms with Crippen LogP contribution in [0.4, 0.5) is 5.69 Å². The van der Waals surface area contributed by atoms with Crippen molar-refractivity contribution in [2.24, 2.45) is 5.92 Å². The molecule has 1 aromatic carbocycles. The zero-order valence-electron chi connectivity index (χ0n) is 18.8. The van der Waals surface area contributed by atoms with Gasteiger partial charge in [0.15, 0.2) is 0 Å². The summed E-state index contributed by atoms with van der Waals surface area (Å²) >= 11 is 0. The third-order valence-electron chi connectivity index (χ3n) is 6.45. The second kappa shape index (κ2) is 10.7. The van der Waals surface area contributed by atoms with Gasteiger partial charge in [-0.25, -0.2) is 0 Å². The molecule has 2 amide bonds. The van der Waals surface area contributed by atoms with Gasteiger partial charge in [0.1, 0.15) is 5.75 Å². The molecule has 1 saturated heterocycles. The van der Waals surface area contributed by atoms with Crippen LogP contribution in [0, 0.1) is 5.92 Å². The molecular weight excluding hydrogens is 406 g/mol. The van der Waals surface area contributed by atoms with E-state index in [0.29, 0.717) is 30.5 Å². The Morgan fingerprint density at radius 3 is 2.78 bits per heavy atom. The summed E-state index contributed by atoms with van der Waals surface area (Å²) in [7, 11) is 0. The second-order valence-corrected chi connectivity index (χ2v) is 8.87. The first-order valence-corrected chi connectivity index (χ1v) is 11.9. The first-order chi connectivity index (χ1) is 15.7. The molecule has 172 valence electrons. The van der Waals surface area contributed by atoms with Crippen LogP contribution < -0.4 is 10.1 Å². The summed E-state index contributed by atoms with van der Waals surface area (Å²) in [6.07, 6.45) is 8.34. The monoisotopic (exact) mass is 439 g/mol. The van der Waals surface area contributed by atoms with Crippen molar-refractivity contribution in [1.29, 1.82) is 0 Å². The number of hydrogen-bond donors (Lipinski definition) is 1. The Hall–Kier alpha value is -2.83. The summed E-state index contributed by atoms with van der Waals surface area (Å²) in [6, 6.07) is 9.06. The van der Waals surface area contributed by atoms with Gasteiger partial charge in [-0.1, -0.05) is 43.5 Å². The standard InChI is InChI=1S/C25H33N3O4/c1-2-15-31-22-13-7-6-12-20(22)26-24(29)23-16-21(27-32-23)19-11-8-14-28(17-19)25(30)18-9-4-3-5-10-18/h6-7,12-13,16,18-19H,2-5,8-11,14-15,17H2,1H3,(H,26,29). The molecule has 1 N–H and O–H groups in total. The Labute approximate surface area is 189 Å². The highest BCUT2D eigenvalue weighted by molar-refractivity contribution is 6.03. The van der Waals surface area contributed by atoms with Crippen LogP contribution in [-0.4, -0.2) is 41.6 Å². The number of anilines is 1. The van der Waals surface area contributed by atoms with Crippen LogP contribution in [0.5, 0.6) is 5.75 Å². The SMILES string of the molecule is CCCOc1ccccc1NC(=O)c1cc(C2CCCN(C(=O)C3CCCCC3)C2)no1. The van der Waals surface area contributed by atoms with E-state index in [1.807, 2.05) is 30.0 Å². The highest BCUT2D eigenvalue weighted by atomic mass is 16.5. The van der Waals surface area contributed by atoms with Crippen LogP contribution in [0.3, 0.4) is 0 Å². The van der Waals surface area contributed by atoms with E-state index in [9.17, 15) is 9.59 Å². The van der Waals surface area contributed by atoms with E-state index >= 15 is 0 Å². The van der Waals surface area contributed by atoms with Gasteiger partial charge in [-0.2, -0.15) is 0 Å². The second-order valence-electron chi connectivity index (χ2n) is 8.87. The highest BCUT2D eigenvalue weighted by Gasteiger charge is 2.31. The molecule has 0 spiro atoms. The zero-order chi connectivity index (χ0) is 22.3. The topological polar surface area (TPSA) is 84.7 Å². The lowest BCUT2D eigenvalue weighted by Crippen LogP contribution is -2.42. The van der Waals surface area contributed by atoms with E-state index in [2.05, 4.69) is 10.5 Å². The lowest BCUT2D eigenvalue weighted by atomic mass is 9.87. The smallest absolute Gasteiger partial charge is 0.294 e. The number of benzene rings is 1. The zero-order valence-corrected chi connectivity index (χ0v) is 18.8. The molecule has 2 aliphatic rings. The van der Waals surface area contributed by atoms with Crippen molar-refractivity contribution in [1.82, 2.24) is 10.1 Å². The third-order valence-corrected chi connectivity index (χ3v) is 6.45. The normalized spacial score (nSPS) is 19.5. The fourth-order valence-corrected chi connectivity index (χ4v) is 4.71. The molecule has 2 aromatic rings. The van der Waals surface area contributed by atoms with E-state index in [-0.39, 0.29) is 23.5 Å². The Kier molecular flexibility index (Phi) is 7.45. The number of carbonyl (C=O) groups excluding carboxylic acids is 2. The Bertz CT molecular complexity index is 919. The van der Waals surface area contributed by atoms with Gasteiger partial charge in [-0.05, 0) is 44.2 Å². The number of nitrogens with zero attached hydrogens (tertiary/aromatic N) is 2. The van der Waals surface area contributed by atoms with E-state index in [0.717, 1.165) is 57.2 Å².